The minimum atomic E-state index is -3.93. The second-order valence-corrected chi connectivity index (χ2v) is 7.99. The number of hydrogen-bond acceptors (Lipinski definition) is 4. The summed E-state index contributed by atoms with van der Waals surface area (Å²) in [5.74, 6) is -1.14. The molecule has 0 bridgehead atoms. The molecular weight excluding hydrogens is 367 g/mol. The molecule has 0 aromatic heterocycles. The number of halogens is 1. The second kappa shape index (κ2) is 8.54. The van der Waals surface area contributed by atoms with E-state index in [0.717, 1.165) is 49.9 Å². The molecule has 0 saturated heterocycles. The summed E-state index contributed by atoms with van der Waals surface area (Å²) in [5.41, 5.74) is 4.92. The van der Waals surface area contributed by atoms with Crippen molar-refractivity contribution in [3.63, 3.8) is 0 Å². The molecule has 0 heterocycles. The summed E-state index contributed by atoms with van der Waals surface area (Å²) in [4.78, 5) is 11.9. The maximum absolute atomic E-state index is 12.9. The van der Waals surface area contributed by atoms with Crippen LogP contribution in [0.1, 0.15) is 32.6 Å². The zero-order valence-electron chi connectivity index (χ0n) is 13.7. The van der Waals surface area contributed by atoms with Gasteiger partial charge in [-0.1, -0.05) is 12.8 Å². The van der Waals surface area contributed by atoms with Gasteiger partial charge in [-0.2, -0.15) is 4.72 Å². The number of thiocarbonyl (C=S) groups is 1. The highest BCUT2D eigenvalue weighted by atomic mass is 32.2. The molecule has 0 aliphatic heterocycles. The second-order valence-electron chi connectivity index (χ2n) is 5.87. The number of amides is 1. The van der Waals surface area contributed by atoms with Gasteiger partial charge in [0.2, 0.25) is 10.0 Å². The Balaban J connectivity index is 1.82. The van der Waals surface area contributed by atoms with Gasteiger partial charge < -0.3 is 5.32 Å². The van der Waals surface area contributed by atoms with E-state index in [9.17, 15) is 17.6 Å². The van der Waals surface area contributed by atoms with Crippen LogP contribution < -0.4 is 20.9 Å². The molecule has 138 valence electrons. The van der Waals surface area contributed by atoms with Gasteiger partial charge in [-0.3, -0.25) is 15.6 Å². The predicted octanol–water partition coefficient (Wildman–Crippen LogP) is 0.930. The van der Waals surface area contributed by atoms with E-state index in [2.05, 4.69) is 20.9 Å². The van der Waals surface area contributed by atoms with Crippen molar-refractivity contribution >= 4 is 33.3 Å². The van der Waals surface area contributed by atoms with E-state index in [0.29, 0.717) is 6.04 Å². The van der Waals surface area contributed by atoms with E-state index in [1.54, 1.807) is 0 Å². The molecule has 0 spiro atoms. The third-order valence-electron chi connectivity index (χ3n) is 3.84. The highest BCUT2D eigenvalue weighted by Crippen LogP contribution is 2.17. The number of hydrazine groups is 1. The quantitative estimate of drug-likeness (QED) is 0.442. The van der Waals surface area contributed by atoms with E-state index in [1.165, 1.54) is 6.92 Å². The number of benzene rings is 1. The molecule has 1 atom stereocenters. The molecule has 1 aliphatic rings. The van der Waals surface area contributed by atoms with Crippen molar-refractivity contribution in [3.05, 3.63) is 30.1 Å². The van der Waals surface area contributed by atoms with Crippen LogP contribution in [0.5, 0.6) is 0 Å². The van der Waals surface area contributed by atoms with Crippen LogP contribution >= 0.6 is 12.2 Å². The molecule has 1 amide bonds. The Labute approximate surface area is 151 Å². The van der Waals surface area contributed by atoms with Gasteiger partial charge in [0.1, 0.15) is 5.82 Å². The fraction of sp³-hybridized carbons (Fsp3) is 0.467. The molecule has 7 nitrogen and oxygen atoms in total. The van der Waals surface area contributed by atoms with Gasteiger partial charge in [0, 0.05) is 6.04 Å². The predicted molar refractivity (Wildman–Crippen MR) is 95.5 cm³/mol. The lowest BCUT2D eigenvalue weighted by atomic mass is 10.3. The summed E-state index contributed by atoms with van der Waals surface area (Å²) in [6, 6.07) is 3.58. The van der Waals surface area contributed by atoms with Crippen LogP contribution in [-0.2, 0) is 14.8 Å². The highest BCUT2D eigenvalue weighted by Gasteiger charge is 2.22. The first-order valence-corrected chi connectivity index (χ1v) is 9.81. The Bertz CT molecular complexity index is 719. The zero-order chi connectivity index (χ0) is 18.4. The lowest BCUT2D eigenvalue weighted by molar-refractivity contribution is -0.122. The number of rotatable bonds is 5. The van der Waals surface area contributed by atoms with E-state index < -0.39 is 27.8 Å². The van der Waals surface area contributed by atoms with Crippen LogP contribution in [0.25, 0.3) is 0 Å². The number of carbonyl (C=O) groups excluding carboxylic acids is 1. The van der Waals surface area contributed by atoms with Crippen LogP contribution in [-0.4, -0.2) is 31.5 Å². The SMILES string of the molecule is C[C@H](NS(=O)(=O)c1ccc(F)cc1)C(=O)NNC(=S)NC1CCCC1. The Kier molecular flexibility index (Phi) is 6.68. The van der Waals surface area contributed by atoms with Crippen LogP contribution in [0.15, 0.2) is 29.2 Å². The van der Waals surface area contributed by atoms with E-state index in [4.69, 9.17) is 12.2 Å². The van der Waals surface area contributed by atoms with E-state index in [1.807, 2.05) is 0 Å². The summed E-state index contributed by atoms with van der Waals surface area (Å²) >= 11 is 5.08. The van der Waals surface area contributed by atoms with Crippen LogP contribution in [0.4, 0.5) is 4.39 Å². The first-order chi connectivity index (χ1) is 11.8. The molecule has 25 heavy (non-hydrogen) atoms. The van der Waals surface area contributed by atoms with Crippen molar-refractivity contribution in [2.75, 3.05) is 0 Å². The van der Waals surface area contributed by atoms with Gasteiger partial charge in [0.25, 0.3) is 5.91 Å². The van der Waals surface area contributed by atoms with Gasteiger partial charge in [-0.15, -0.1) is 0 Å². The van der Waals surface area contributed by atoms with Crippen molar-refractivity contribution in [1.82, 2.24) is 20.9 Å². The van der Waals surface area contributed by atoms with E-state index in [-0.39, 0.29) is 10.0 Å². The molecule has 1 saturated carbocycles. The van der Waals surface area contributed by atoms with Crippen LogP contribution in [0, 0.1) is 5.82 Å². The lowest BCUT2D eigenvalue weighted by Crippen LogP contribution is -2.54. The topological polar surface area (TPSA) is 99.3 Å². The summed E-state index contributed by atoms with van der Waals surface area (Å²) in [5, 5.41) is 3.37. The molecule has 1 aromatic carbocycles. The average molecular weight is 388 g/mol. The minimum Gasteiger partial charge on any atom is -0.359 e. The average Bonchev–Trinajstić information content (AvgIpc) is 3.05. The summed E-state index contributed by atoms with van der Waals surface area (Å²) in [6.07, 6.45) is 4.36. The molecule has 4 N–H and O–H groups in total. The largest absolute Gasteiger partial charge is 0.359 e. The zero-order valence-corrected chi connectivity index (χ0v) is 15.3. The maximum Gasteiger partial charge on any atom is 0.256 e. The van der Waals surface area contributed by atoms with Crippen molar-refractivity contribution < 1.29 is 17.6 Å². The molecule has 0 radical (unpaired) electrons. The van der Waals surface area contributed by atoms with Crippen molar-refractivity contribution in [2.24, 2.45) is 0 Å². The number of hydrogen-bond donors (Lipinski definition) is 4. The van der Waals surface area contributed by atoms with Crippen LogP contribution in [0.2, 0.25) is 0 Å². The Hall–Kier alpha value is -1.78. The maximum atomic E-state index is 12.9. The van der Waals surface area contributed by atoms with Gasteiger partial charge in [0.15, 0.2) is 5.11 Å². The number of sulfonamides is 1. The molecule has 10 heteroatoms. The van der Waals surface area contributed by atoms with Crippen molar-refractivity contribution in [1.29, 1.82) is 0 Å². The fourth-order valence-electron chi connectivity index (χ4n) is 2.49. The summed E-state index contributed by atoms with van der Waals surface area (Å²) < 4.78 is 39.4. The Morgan fingerprint density at radius 3 is 2.40 bits per heavy atom. The minimum absolute atomic E-state index is 0.125. The molecule has 1 aliphatic carbocycles. The third-order valence-corrected chi connectivity index (χ3v) is 5.62. The standard InChI is InChI=1S/C15H21FN4O3S2/c1-10(20-25(22,23)13-8-6-11(16)7-9-13)14(21)18-19-15(24)17-12-4-2-3-5-12/h6-10,12,20H,2-5H2,1H3,(H,18,21)(H2,17,19,24)/t10-/m0/s1. The van der Waals surface area contributed by atoms with Gasteiger partial charge in [0.05, 0.1) is 10.9 Å². The van der Waals surface area contributed by atoms with Gasteiger partial charge in [-0.25, -0.2) is 12.8 Å². The first kappa shape index (κ1) is 19.5. The van der Waals surface area contributed by atoms with Gasteiger partial charge in [-0.05, 0) is 56.2 Å². The molecule has 1 fully saturated rings. The summed E-state index contributed by atoms with van der Waals surface area (Å²) in [7, 11) is -3.93. The molecule has 0 unspecified atom stereocenters. The normalized spacial score (nSPS) is 16.2. The van der Waals surface area contributed by atoms with E-state index >= 15 is 0 Å². The lowest BCUT2D eigenvalue weighted by Gasteiger charge is -2.18. The number of carbonyl (C=O) groups is 1. The smallest absolute Gasteiger partial charge is 0.256 e. The van der Waals surface area contributed by atoms with Crippen molar-refractivity contribution in [2.45, 2.75) is 49.6 Å². The highest BCUT2D eigenvalue weighted by molar-refractivity contribution is 7.89. The Morgan fingerprint density at radius 2 is 1.80 bits per heavy atom. The van der Waals surface area contributed by atoms with Gasteiger partial charge >= 0.3 is 0 Å². The van der Waals surface area contributed by atoms with Crippen LogP contribution in [0.3, 0.4) is 0 Å². The number of nitrogens with one attached hydrogen (secondary N) is 4. The Morgan fingerprint density at radius 1 is 1.20 bits per heavy atom. The summed E-state index contributed by atoms with van der Waals surface area (Å²) in [6.45, 7) is 1.39. The molecule has 1 aromatic rings. The molecule has 2 rings (SSSR count). The first-order valence-electron chi connectivity index (χ1n) is 7.92. The third kappa shape index (κ3) is 5.91. The van der Waals surface area contributed by atoms with Crippen molar-refractivity contribution in [3.8, 4) is 0 Å². The fourth-order valence-corrected chi connectivity index (χ4v) is 3.91. The monoisotopic (exact) mass is 388 g/mol. The molecular formula is C15H21FN4O3S2.